The lowest BCUT2D eigenvalue weighted by atomic mass is 10.5. The summed E-state index contributed by atoms with van der Waals surface area (Å²) in [5.41, 5.74) is 0.844. The molecule has 8 heteroatoms. The molecular weight excluding hydrogens is 244 g/mol. The van der Waals surface area contributed by atoms with Crippen LogP contribution in [0.5, 0.6) is 11.9 Å². The molecule has 0 amide bonds. The largest absolute Gasteiger partial charge is 0.405 e. The average Bonchev–Trinajstić information content (AvgIpc) is 2.56. The maximum Gasteiger partial charge on any atom is 0.329 e. The molecule has 0 unspecified atom stereocenters. The van der Waals surface area contributed by atoms with Crippen LogP contribution in [0.3, 0.4) is 0 Å². The average molecular weight is 255 g/mol. The third kappa shape index (κ3) is 2.62. The van der Waals surface area contributed by atoms with E-state index in [1.54, 1.807) is 24.8 Å². The molecule has 0 fully saturated rings. The molecule has 0 radical (unpaired) electrons. The third-order valence-corrected chi connectivity index (χ3v) is 2.14. The van der Waals surface area contributed by atoms with Crippen molar-refractivity contribution in [3.63, 3.8) is 0 Å². The first kappa shape index (κ1) is 11.6. The van der Waals surface area contributed by atoms with Gasteiger partial charge in [0.15, 0.2) is 0 Å². The molecule has 0 saturated heterocycles. The Morgan fingerprint density at radius 2 is 2.12 bits per heavy atom. The highest BCUT2D eigenvalue weighted by Crippen LogP contribution is 2.19. The molecule has 2 heterocycles. The van der Waals surface area contributed by atoms with Gasteiger partial charge in [-0.2, -0.15) is 20.1 Å². The quantitative estimate of drug-likeness (QED) is 0.892. The Labute approximate surface area is 103 Å². The number of rotatable bonds is 3. The Bertz CT molecular complexity index is 540. The summed E-state index contributed by atoms with van der Waals surface area (Å²) >= 11 is 5.74. The van der Waals surface area contributed by atoms with Crippen molar-refractivity contribution in [2.24, 2.45) is 7.05 Å². The normalized spacial score (nSPS) is 10.4. The Balaban J connectivity index is 2.29. The van der Waals surface area contributed by atoms with Crippen LogP contribution in [0.2, 0.25) is 5.28 Å². The molecule has 0 aliphatic carbocycles. The number of aryl methyl sites for hydroxylation is 2. The number of ether oxygens (including phenoxy) is 1. The number of anilines is 1. The second-order valence-electron chi connectivity index (χ2n) is 3.31. The van der Waals surface area contributed by atoms with Crippen LogP contribution in [0.25, 0.3) is 0 Å². The second-order valence-corrected chi connectivity index (χ2v) is 3.65. The summed E-state index contributed by atoms with van der Waals surface area (Å²) in [5.74, 6) is 0.880. The van der Waals surface area contributed by atoms with Crippen molar-refractivity contribution in [3.05, 3.63) is 17.0 Å². The van der Waals surface area contributed by atoms with Crippen LogP contribution in [0.4, 0.5) is 5.95 Å². The molecule has 17 heavy (non-hydrogen) atoms. The molecule has 0 aromatic carbocycles. The van der Waals surface area contributed by atoms with Crippen LogP contribution in [0.15, 0.2) is 6.07 Å². The van der Waals surface area contributed by atoms with Gasteiger partial charge in [0.05, 0.1) is 5.69 Å². The van der Waals surface area contributed by atoms with E-state index >= 15 is 0 Å². The topological polar surface area (TPSA) is 77.8 Å². The van der Waals surface area contributed by atoms with Gasteiger partial charge in [0.2, 0.25) is 17.1 Å². The van der Waals surface area contributed by atoms with Crippen molar-refractivity contribution in [2.45, 2.75) is 6.92 Å². The minimum absolute atomic E-state index is 0.0678. The van der Waals surface area contributed by atoms with Gasteiger partial charge in [-0.15, -0.1) is 0 Å². The first-order valence-corrected chi connectivity index (χ1v) is 5.24. The van der Waals surface area contributed by atoms with Gasteiger partial charge >= 0.3 is 6.01 Å². The van der Waals surface area contributed by atoms with Gasteiger partial charge in [0.25, 0.3) is 0 Å². The maximum atomic E-state index is 5.74. The fraction of sp³-hybridized carbons (Fsp3) is 0.333. The van der Waals surface area contributed by atoms with Gasteiger partial charge in [-0.3, -0.25) is 0 Å². The summed E-state index contributed by atoms with van der Waals surface area (Å²) in [7, 11) is 3.45. The molecule has 0 atom stereocenters. The minimum atomic E-state index is 0.0678. The molecule has 0 bridgehead atoms. The number of nitrogens with zero attached hydrogens (tertiary/aromatic N) is 5. The fourth-order valence-electron chi connectivity index (χ4n) is 1.27. The van der Waals surface area contributed by atoms with Gasteiger partial charge < -0.3 is 10.1 Å². The predicted octanol–water partition coefficient (Wildman–Crippen LogP) is 1.40. The Morgan fingerprint density at radius 3 is 2.71 bits per heavy atom. The number of nitrogens with one attached hydrogen (secondary N) is 1. The third-order valence-electron chi connectivity index (χ3n) is 1.97. The Hall–Kier alpha value is -1.89. The second kappa shape index (κ2) is 4.54. The minimum Gasteiger partial charge on any atom is -0.405 e. The van der Waals surface area contributed by atoms with Crippen LogP contribution in [-0.4, -0.2) is 31.8 Å². The van der Waals surface area contributed by atoms with Crippen molar-refractivity contribution in [3.8, 4) is 11.9 Å². The lowest BCUT2D eigenvalue weighted by Crippen LogP contribution is -2.03. The molecule has 7 nitrogen and oxygen atoms in total. The van der Waals surface area contributed by atoms with E-state index < -0.39 is 0 Å². The Morgan fingerprint density at radius 1 is 1.35 bits per heavy atom. The van der Waals surface area contributed by atoms with E-state index in [0.29, 0.717) is 11.8 Å². The number of hydrogen-bond acceptors (Lipinski definition) is 6. The van der Waals surface area contributed by atoms with E-state index in [1.165, 1.54) is 0 Å². The van der Waals surface area contributed by atoms with E-state index in [0.717, 1.165) is 5.69 Å². The number of aromatic nitrogens is 5. The van der Waals surface area contributed by atoms with Gasteiger partial charge in [-0.1, -0.05) is 0 Å². The molecule has 0 saturated carbocycles. The predicted molar refractivity (Wildman–Crippen MR) is 62.4 cm³/mol. The van der Waals surface area contributed by atoms with Crippen molar-refractivity contribution in [1.82, 2.24) is 24.7 Å². The van der Waals surface area contributed by atoms with Gasteiger partial charge in [0, 0.05) is 20.2 Å². The molecule has 1 N–H and O–H groups in total. The Kier molecular flexibility index (Phi) is 3.10. The van der Waals surface area contributed by atoms with E-state index in [4.69, 9.17) is 16.3 Å². The number of hydrogen-bond donors (Lipinski definition) is 1. The molecule has 0 aliphatic rings. The van der Waals surface area contributed by atoms with E-state index in [-0.39, 0.29) is 11.3 Å². The maximum absolute atomic E-state index is 5.74. The highest BCUT2D eigenvalue weighted by Gasteiger charge is 2.09. The fourth-order valence-corrected chi connectivity index (χ4v) is 1.42. The first-order valence-electron chi connectivity index (χ1n) is 4.86. The van der Waals surface area contributed by atoms with Gasteiger partial charge in [-0.25, -0.2) is 4.68 Å². The monoisotopic (exact) mass is 254 g/mol. The lowest BCUT2D eigenvalue weighted by Gasteiger charge is -2.04. The summed E-state index contributed by atoms with van der Waals surface area (Å²) in [4.78, 5) is 11.7. The summed E-state index contributed by atoms with van der Waals surface area (Å²) in [6.07, 6.45) is 0. The summed E-state index contributed by atoms with van der Waals surface area (Å²) in [6, 6.07) is 1.90. The van der Waals surface area contributed by atoms with Crippen LogP contribution >= 0.6 is 11.6 Å². The zero-order valence-corrected chi connectivity index (χ0v) is 10.4. The molecule has 0 aliphatic heterocycles. The van der Waals surface area contributed by atoms with E-state index in [2.05, 4.69) is 25.4 Å². The van der Waals surface area contributed by atoms with Crippen molar-refractivity contribution in [1.29, 1.82) is 0 Å². The summed E-state index contributed by atoms with van der Waals surface area (Å²) < 4.78 is 7.06. The molecule has 2 aromatic heterocycles. The zero-order chi connectivity index (χ0) is 12.4. The van der Waals surface area contributed by atoms with Gasteiger partial charge in [-0.05, 0) is 18.5 Å². The molecule has 2 aromatic rings. The molecule has 90 valence electrons. The molecular formula is C9H11ClN6O. The van der Waals surface area contributed by atoms with Crippen molar-refractivity contribution in [2.75, 3.05) is 12.4 Å². The van der Waals surface area contributed by atoms with Gasteiger partial charge in [0.1, 0.15) is 0 Å². The lowest BCUT2D eigenvalue weighted by molar-refractivity contribution is 0.398. The summed E-state index contributed by atoms with van der Waals surface area (Å²) in [5, 5.41) is 6.98. The zero-order valence-electron chi connectivity index (χ0n) is 9.60. The smallest absolute Gasteiger partial charge is 0.329 e. The van der Waals surface area contributed by atoms with Crippen molar-refractivity contribution >= 4 is 17.5 Å². The molecule has 0 spiro atoms. The number of halogens is 1. The van der Waals surface area contributed by atoms with E-state index in [9.17, 15) is 0 Å². The van der Waals surface area contributed by atoms with Crippen LogP contribution in [0.1, 0.15) is 5.69 Å². The van der Waals surface area contributed by atoms with Crippen LogP contribution in [0, 0.1) is 6.92 Å². The van der Waals surface area contributed by atoms with Crippen molar-refractivity contribution < 1.29 is 4.74 Å². The first-order chi connectivity index (χ1) is 8.08. The van der Waals surface area contributed by atoms with E-state index in [1.807, 2.05) is 6.92 Å². The SMILES string of the molecule is CNc1nc(Cl)nc(Oc2cc(C)nn2C)n1. The summed E-state index contributed by atoms with van der Waals surface area (Å²) in [6.45, 7) is 1.87. The standard InChI is InChI=1S/C9H11ClN6O/c1-5-4-6(16(3)15-5)17-9-13-7(10)12-8(11-2)14-9/h4H,1-3H3,(H,11,12,13,14). The highest BCUT2D eigenvalue weighted by atomic mass is 35.5. The van der Waals surface area contributed by atoms with Crippen LogP contribution < -0.4 is 10.1 Å². The van der Waals surface area contributed by atoms with Crippen LogP contribution in [-0.2, 0) is 7.05 Å². The highest BCUT2D eigenvalue weighted by molar-refractivity contribution is 6.28. The molecule has 2 rings (SSSR count).